The molecule has 24 heavy (non-hydrogen) atoms. The van der Waals surface area contributed by atoms with Gasteiger partial charge in [0.05, 0.1) is 11.6 Å². The van der Waals surface area contributed by atoms with Crippen LogP contribution in [0.2, 0.25) is 0 Å². The van der Waals surface area contributed by atoms with Gasteiger partial charge in [-0.25, -0.2) is 4.79 Å². The Morgan fingerprint density at radius 3 is 2.50 bits per heavy atom. The van der Waals surface area contributed by atoms with Crippen LogP contribution in [0, 0.1) is 5.92 Å². The Hall–Kier alpha value is -1.96. The first-order chi connectivity index (χ1) is 11.4. The molecule has 132 valence electrons. The van der Waals surface area contributed by atoms with Gasteiger partial charge in [0.15, 0.2) is 6.29 Å². The molecule has 1 aliphatic rings. The number of nitrogens with zero attached hydrogens (tertiary/aromatic N) is 1. The van der Waals surface area contributed by atoms with Crippen molar-refractivity contribution in [2.24, 2.45) is 5.92 Å². The van der Waals surface area contributed by atoms with E-state index in [1.165, 1.54) is 4.90 Å². The molecular formula is C17H24N2O5. The van der Waals surface area contributed by atoms with E-state index in [1.54, 1.807) is 30.3 Å². The minimum atomic E-state index is -1.57. The van der Waals surface area contributed by atoms with Gasteiger partial charge in [-0.15, -0.1) is 5.48 Å². The Morgan fingerprint density at radius 2 is 1.92 bits per heavy atom. The molecule has 1 amide bonds. The van der Waals surface area contributed by atoms with Crippen molar-refractivity contribution in [1.29, 1.82) is 0 Å². The molecule has 7 heteroatoms. The van der Waals surface area contributed by atoms with E-state index in [0.29, 0.717) is 24.9 Å². The summed E-state index contributed by atoms with van der Waals surface area (Å²) in [6, 6.07) is 7.10. The standard InChI is InChI=1S/C17H24N2O5/c1-11(2)14(15(20)19-10-6-9-13(19)16(21)22)18-24-17(23)12-7-4-3-5-8-12/h3-5,7-8,11,13-14,16,18,21-22H,6,9-10H2,1-2H3. The van der Waals surface area contributed by atoms with Gasteiger partial charge in [0.25, 0.3) is 0 Å². The number of hydrogen-bond acceptors (Lipinski definition) is 6. The van der Waals surface area contributed by atoms with Gasteiger partial charge in [0.1, 0.15) is 6.04 Å². The molecule has 3 N–H and O–H groups in total. The summed E-state index contributed by atoms with van der Waals surface area (Å²) in [7, 11) is 0. The molecule has 2 rings (SSSR count). The lowest BCUT2D eigenvalue weighted by atomic mass is 10.0. The maximum Gasteiger partial charge on any atom is 0.356 e. The average molecular weight is 336 g/mol. The normalized spacial score (nSPS) is 18.9. The predicted octanol–water partition coefficient (Wildman–Crippen LogP) is 0.674. The lowest BCUT2D eigenvalue weighted by Gasteiger charge is -2.31. The van der Waals surface area contributed by atoms with Gasteiger partial charge in [0, 0.05) is 6.54 Å². The van der Waals surface area contributed by atoms with E-state index >= 15 is 0 Å². The molecule has 0 aromatic heterocycles. The number of likely N-dealkylation sites (tertiary alicyclic amines) is 1. The van der Waals surface area contributed by atoms with Crippen molar-refractivity contribution in [3.63, 3.8) is 0 Å². The number of carbonyl (C=O) groups is 2. The summed E-state index contributed by atoms with van der Waals surface area (Å²) in [6.07, 6.45) is -0.322. The van der Waals surface area contributed by atoms with Crippen molar-refractivity contribution in [3.05, 3.63) is 35.9 Å². The molecular weight excluding hydrogens is 312 g/mol. The highest BCUT2D eigenvalue weighted by Gasteiger charge is 2.37. The van der Waals surface area contributed by atoms with Crippen molar-refractivity contribution >= 4 is 11.9 Å². The molecule has 0 aliphatic carbocycles. The Labute approximate surface area is 141 Å². The van der Waals surface area contributed by atoms with Crippen LogP contribution in [-0.2, 0) is 9.63 Å². The SMILES string of the molecule is CC(C)C(NOC(=O)c1ccccc1)C(=O)N1CCCC1C(O)O. The zero-order valence-electron chi connectivity index (χ0n) is 13.9. The molecule has 0 spiro atoms. The Balaban J connectivity index is 2.01. The van der Waals surface area contributed by atoms with Crippen molar-refractivity contribution in [3.8, 4) is 0 Å². The van der Waals surface area contributed by atoms with Crippen molar-refractivity contribution < 1.29 is 24.6 Å². The lowest BCUT2D eigenvalue weighted by molar-refractivity contribution is -0.149. The number of benzene rings is 1. The predicted molar refractivity (Wildman–Crippen MR) is 86.6 cm³/mol. The van der Waals surface area contributed by atoms with E-state index in [9.17, 15) is 19.8 Å². The van der Waals surface area contributed by atoms with Gasteiger partial charge in [-0.1, -0.05) is 32.0 Å². The van der Waals surface area contributed by atoms with Gasteiger partial charge < -0.3 is 20.0 Å². The van der Waals surface area contributed by atoms with Gasteiger partial charge in [-0.2, -0.15) is 0 Å². The first-order valence-electron chi connectivity index (χ1n) is 8.10. The van der Waals surface area contributed by atoms with E-state index < -0.39 is 24.3 Å². The quantitative estimate of drug-likeness (QED) is 0.522. The van der Waals surface area contributed by atoms with E-state index in [0.717, 1.165) is 0 Å². The number of nitrogens with one attached hydrogen (secondary N) is 1. The van der Waals surface area contributed by atoms with Gasteiger partial charge in [0.2, 0.25) is 5.91 Å². The molecule has 0 radical (unpaired) electrons. The summed E-state index contributed by atoms with van der Waals surface area (Å²) in [5.41, 5.74) is 2.93. The summed E-state index contributed by atoms with van der Waals surface area (Å²) in [5.74, 6) is -1.02. The van der Waals surface area contributed by atoms with Crippen LogP contribution in [0.3, 0.4) is 0 Å². The third-order valence-electron chi connectivity index (χ3n) is 4.15. The average Bonchev–Trinajstić information content (AvgIpc) is 3.05. The van der Waals surface area contributed by atoms with Crippen LogP contribution in [0.15, 0.2) is 30.3 Å². The van der Waals surface area contributed by atoms with Crippen LogP contribution in [0.1, 0.15) is 37.0 Å². The number of hydrogen-bond donors (Lipinski definition) is 3. The van der Waals surface area contributed by atoms with E-state index in [1.807, 2.05) is 13.8 Å². The first-order valence-corrected chi connectivity index (χ1v) is 8.10. The highest BCUT2D eigenvalue weighted by Crippen LogP contribution is 2.22. The second-order valence-corrected chi connectivity index (χ2v) is 6.25. The Kier molecular flexibility index (Phi) is 6.30. The molecule has 1 aromatic rings. The molecule has 1 heterocycles. The molecule has 7 nitrogen and oxygen atoms in total. The molecule has 2 atom stereocenters. The number of hydroxylamine groups is 1. The molecule has 1 fully saturated rings. The number of amides is 1. The molecule has 1 aliphatic heterocycles. The highest BCUT2D eigenvalue weighted by molar-refractivity contribution is 5.89. The minimum absolute atomic E-state index is 0.141. The van der Waals surface area contributed by atoms with E-state index in [2.05, 4.69) is 5.48 Å². The minimum Gasteiger partial charge on any atom is -0.366 e. The molecule has 1 saturated heterocycles. The summed E-state index contributed by atoms with van der Waals surface area (Å²) < 4.78 is 0. The smallest absolute Gasteiger partial charge is 0.356 e. The fraction of sp³-hybridized carbons (Fsp3) is 0.529. The van der Waals surface area contributed by atoms with Crippen LogP contribution in [-0.4, -0.2) is 51.9 Å². The zero-order valence-corrected chi connectivity index (χ0v) is 13.9. The summed E-state index contributed by atoms with van der Waals surface area (Å²) in [6.45, 7) is 4.11. The number of rotatable bonds is 6. The number of carbonyl (C=O) groups excluding carboxylic acids is 2. The zero-order chi connectivity index (χ0) is 17.7. The number of aliphatic hydroxyl groups excluding tert-OH is 1. The van der Waals surface area contributed by atoms with Gasteiger partial charge in [-0.3, -0.25) is 4.79 Å². The molecule has 1 aromatic carbocycles. The Morgan fingerprint density at radius 1 is 1.25 bits per heavy atom. The summed E-state index contributed by atoms with van der Waals surface area (Å²) in [5, 5.41) is 18.8. The Bertz CT molecular complexity index is 561. The van der Waals surface area contributed by atoms with Crippen LogP contribution in [0.25, 0.3) is 0 Å². The van der Waals surface area contributed by atoms with Crippen molar-refractivity contribution in [1.82, 2.24) is 10.4 Å². The van der Waals surface area contributed by atoms with Crippen LogP contribution in [0.5, 0.6) is 0 Å². The van der Waals surface area contributed by atoms with Crippen LogP contribution < -0.4 is 5.48 Å². The number of aliphatic hydroxyl groups is 2. The van der Waals surface area contributed by atoms with Crippen molar-refractivity contribution in [2.45, 2.75) is 45.1 Å². The first kappa shape index (κ1) is 18.4. The third-order valence-corrected chi connectivity index (χ3v) is 4.15. The van der Waals surface area contributed by atoms with E-state index in [-0.39, 0.29) is 11.8 Å². The summed E-state index contributed by atoms with van der Waals surface area (Å²) in [4.78, 5) is 31.2. The molecule has 0 saturated carbocycles. The molecule has 2 unspecified atom stereocenters. The topological polar surface area (TPSA) is 99.1 Å². The van der Waals surface area contributed by atoms with Crippen LogP contribution >= 0.6 is 0 Å². The second kappa shape index (κ2) is 8.23. The fourth-order valence-electron chi connectivity index (χ4n) is 2.78. The van der Waals surface area contributed by atoms with Crippen LogP contribution in [0.4, 0.5) is 0 Å². The largest absolute Gasteiger partial charge is 0.366 e. The van der Waals surface area contributed by atoms with Gasteiger partial charge in [-0.05, 0) is 30.9 Å². The highest BCUT2D eigenvalue weighted by atomic mass is 16.7. The maximum absolute atomic E-state index is 12.7. The summed E-state index contributed by atoms with van der Waals surface area (Å²) >= 11 is 0. The third kappa shape index (κ3) is 4.31. The van der Waals surface area contributed by atoms with Gasteiger partial charge >= 0.3 is 5.97 Å². The monoisotopic (exact) mass is 336 g/mol. The molecule has 0 bridgehead atoms. The fourth-order valence-corrected chi connectivity index (χ4v) is 2.78. The van der Waals surface area contributed by atoms with E-state index in [4.69, 9.17) is 4.84 Å². The second-order valence-electron chi connectivity index (χ2n) is 6.25. The van der Waals surface area contributed by atoms with Crippen molar-refractivity contribution in [2.75, 3.05) is 6.54 Å². The maximum atomic E-state index is 12.7. The lowest BCUT2D eigenvalue weighted by Crippen LogP contribution is -2.53.